The summed E-state index contributed by atoms with van der Waals surface area (Å²) in [6.45, 7) is 7.15. The van der Waals surface area contributed by atoms with E-state index in [4.69, 9.17) is 0 Å². The highest BCUT2D eigenvalue weighted by atomic mass is 16.3. The van der Waals surface area contributed by atoms with Crippen molar-refractivity contribution in [3.63, 3.8) is 0 Å². The first-order valence-corrected chi connectivity index (χ1v) is 9.84. The quantitative estimate of drug-likeness (QED) is 0.759. The van der Waals surface area contributed by atoms with E-state index in [9.17, 15) is 5.11 Å². The van der Waals surface area contributed by atoms with Gasteiger partial charge in [0.15, 0.2) is 0 Å². The maximum Gasteiger partial charge on any atom is 0.0543 e. The van der Waals surface area contributed by atoms with E-state index in [2.05, 4.69) is 32.9 Å². The van der Waals surface area contributed by atoms with Crippen molar-refractivity contribution in [2.45, 2.75) is 84.2 Å². The summed E-state index contributed by atoms with van der Waals surface area (Å²) in [6, 6.07) is 4.83. The topological polar surface area (TPSA) is 20.2 Å². The van der Waals surface area contributed by atoms with Gasteiger partial charge in [-0.25, -0.2) is 0 Å². The fourth-order valence-electron chi connectivity index (χ4n) is 6.54. The molecule has 0 heterocycles. The van der Waals surface area contributed by atoms with Crippen LogP contribution in [0.15, 0.2) is 12.1 Å². The third kappa shape index (κ3) is 2.30. The number of fused-ring (bicyclic) bond motifs is 5. The lowest BCUT2D eigenvalue weighted by Gasteiger charge is -2.56. The van der Waals surface area contributed by atoms with Crippen LogP contribution in [0.3, 0.4) is 0 Å². The molecule has 0 bridgehead atoms. The summed E-state index contributed by atoms with van der Waals surface area (Å²) in [5, 5.41) is 10.1. The molecule has 1 aromatic carbocycles. The highest BCUT2D eigenvalue weighted by molar-refractivity contribution is 5.45. The minimum absolute atomic E-state index is 0.0326. The summed E-state index contributed by atoms with van der Waals surface area (Å²) >= 11 is 0. The van der Waals surface area contributed by atoms with Crippen LogP contribution in [-0.4, -0.2) is 11.2 Å². The van der Waals surface area contributed by atoms with E-state index in [1.165, 1.54) is 44.1 Å². The second-order valence-electron chi connectivity index (χ2n) is 8.74. The molecule has 0 radical (unpaired) electrons. The molecule has 1 N–H and O–H groups in total. The average molecular weight is 312 g/mol. The maximum absolute atomic E-state index is 10.1. The van der Waals surface area contributed by atoms with Crippen LogP contribution in [0.4, 0.5) is 0 Å². The lowest BCUT2D eigenvalue weighted by atomic mass is 9.49. The molecule has 1 aromatic rings. The predicted octanol–water partition coefficient (Wildman–Crippen LogP) is 5.16. The summed E-state index contributed by atoms with van der Waals surface area (Å²) in [5.74, 6) is 2.37. The molecule has 4 rings (SSSR count). The summed E-state index contributed by atoms with van der Waals surface area (Å²) < 4.78 is 0. The van der Waals surface area contributed by atoms with E-state index in [1.807, 2.05) is 0 Å². The monoisotopic (exact) mass is 312 g/mol. The first-order chi connectivity index (χ1) is 11.0. The van der Waals surface area contributed by atoms with Crippen LogP contribution >= 0.6 is 0 Å². The Balaban J connectivity index is 1.72. The zero-order chi connectivity index (χ0) is 16.2. The molecule has 0 amide bonds. The van der Waals surface area contributed by atoms with Crippen LogP contribution in [0.5, 0.6) is 0 Å². The molecule has 3 aliphatic rings. The first-order valence-electron chi connectivity index (χ1n) is 9.84. The van der Waals surface area contributed by atoms with Gasteiger partial charge in [0, 0.05) is 0 Å². The Morgan fingerprint density at radius 2 is 2.00 bits per heavy atom. The van der Waals surface area contributed by atoms with Crippen molar-refractivity contribution >= 4 is 0 Å². The van der Waals surface area contributed by atoms with Crippen molar-refractivity contribution in [2.75, 3.05) is 0 Å². The fourth-order valence-corrected chi connectivity index (χ4v) is 6.54. The molecule has 0 unspecified atom stereocenters. The Bertz CT molecular complexity index is 604. The molecular formula is C22H32O. The van der Waals surface area contributed by atoms with Crippen molar-refractivity contribution in [3.05, 3.63) is 34.4 Å². The zero-order valence-corrected chi connectivity index (χ0v) is 15.1. The molecule has 0 spiro atoms. The van der Waals surface area contributed by atoms with E-state index in [0.717, 1.165) is 30.6 Å². The number of aliphatic hydroxyl groups excluding tert-OH is 1. The lowest BCUT2D eigenvalue weighted by Crippen LogP contribution is -2.48. The number of rotatable bonds is 1. The van der Waals surface area contributed by atoms with Gasteiger partial charge in [0.1, 0.15) is 0 Å². The molecule has 1 nitrogen and oxygen atoms in total. The molecule has 2 saturated carbocycles. The van der Waals surface area contributed by atoms with Crippen LogP contribution in [0.1, 0.15) is 80.5 Å². The second-order valence-corrected chi connectivity index (χ2v) is 8.74. The smallest absolute Gasteiger partial charge is 0.0543 e. The van der Waals surface area contributed by atoms with Crippen LogP contribution in [0, 0.1) is 24.2 Å². The zero-order valence-electron chi connectivity index (χ0n) is 15.1. The van der Waals surface area contributed by atoms with Crippen molar-refractivity contribution in [3.8, 4) is 0 Å². The van der Waals surface area contributed by atoms with Gasteiger partial charge in [0.25, 0.3) is 0 Å². The molecule has 5 atom stereocenters. The standard InChI is InChI=1S/C22H32O/c1-4-17-14(2)5-7-19-18(17)9-10-21-20(19)8-6-15-13-16(23)11-12-22(15,21)3/h5,7,15-16,20-21,23H,4,6,8-13H2,1-3H3/t15-,16-,20+,21-,22-/m0/s1. The number of aryl methyl sites for hydroxylation is 1. The minimum Gasteiger partial charge on any atom is -0.393 e. The van der Waals surface area contributed by atoms with Crippen molar-refractivity contribution in [1.29, 1.82) is 0 Å². The van der Waals surface area contributed by atoms with Gasteiger partial charge in [-0.2, -0.15) is 0 Å². The number of benzene rings is 1. The number of aliphatic hydroxyl groups is 1. The van der Waals surface area contributed by atoms with Gasteiger partial charge < -0.3 is 5.11 Å². The molecular weight excluding hydrogens is 280 g/mol. The average Bonchev–Trinajstić information content (AvgIpc) is 2.55. The molecule has 126 valence electrons. The molecule has 0 aromatic heterocycles. The summed E-state index contributed by atoms with van der Waals surface area (Å²) in [5.41, 5.74) is 6.98. The Morgan fingerprint density at radius 3 is 2.78 bits per heavy atom. The maximum atomic E-state index is 10.1. The highest BCUT2D eigenvalue weighted by Crippen LogP contribution is 2.61. The Hall–Kier alpha value is -0.820. The van der Waals surface area contributed by atoms with Gasteiger partial charge in [-0.15, -0.1) is 0 Å². The van der Waals surface area contributed by atoms with E-state index in [1.54, 1.807) is 16.7 Å². The van der Waals surface area contributed by atoms with Gasteiger partial charge in [-0.05, 0) is 104 Å². The fraction of sp³-hybridized carbons (Fsp3) is 0.727. The third-order valence-electron chi connectivity index (χ3n) is 7.82. The van der Waals surface area contributed by atoms with E-state index in [0.29, 0.717) is 5.41 Å². The summed E-state index contributed by atoms with van der Waals surface area (Å²) in [6.07, 6.45) is 9.79. The molecule has 0 saturated heterocycles. The molecule has 3 aliphatic carbocycles. The lowest BCUT2D eigenvalue weighted by molar-refractivity contribution is -0.0606. The van der Waals surface area contributed by atoms with Crippen LogP contribution in [-0.2, 0) is 12.8 Å². The Morgan fingerprint density at radius 1 is 1.17 bits per heavy atom. The highest BCUT2D eigenvalue weighted by Gasteiger charge is 2.51. The van der Waals surface area contributed by atoms with Crippen molar-refractivity contribution < 1.29 is 5.11 Å². The van der Waals surface area contributed by atoms with Gasteiger partial charge in [0.05, 0.1) is 6.10 Å². The second kappa shape index (κ2) is 5.62. The molecule has 2 fully saturated rings. The molecule has 0 aliphatic heterocycles. The van der Waals surface area contributed by atoms with Gasteiger partial charge >= 0.3 is 0 Å². The third-order valence-corrected chi connectivity index (χ3v) is 7.82. The Kier molecular flexibility index (Phi) is 3.83. The SMILES string of the molecule is CCc1c(C)ccc2c1CC[C@H]1[C@@H]2CC[C@H]2C[C@@H](O)CC[C@@]21C. The van der Waals surface area contributed by atoms with Crippen molar-refractivity contribution in [1.82, 2.24) is 0 Å². The largest absolute Gasteiger partial charge is 0.393 e. The number of hydrogen-bond acceptors (Lipinski definition) is 1. The van der Waals surface area contributed by atoms with E-state index >= 15 is 0 Å². The summed E-state index contributed by atoms with van der Waals surface area (Å²) in [7, 11) is 0. The van der Waals surface area contributed by atoms with Crippen LogP contribution < -0.4 is 0 Å². The van der Waals surface area contributed by atoms with Crippen LogP contribution in [0.2, 0.25) is 0 Å². The van der Waals surface area contributed by atoms with Gasteiger partial charge in [-0.3, -0.25) is 0 Å². The summed E-state index contributed by atoms with van der Waals surface area (Å²) in [4.78, 5) is 0. The van der Waals surface area contributed by atoms with Crippen LogP contribution in [0.25, 0.3) is 0 Å². The van der Waals surface area contributed by atoms with Gasteiger partial charge in [-0.1, -0.05) is 26.0 Å². The molecule has 23 heavy (non-hydrogen) atoms. The van der Waals surface area contributed by atoms with E-state index < -0.39 is 0 Å². The van der Waals surface area contributed by atoms with Gasteiger partial charge in [0.2, 0.25) is 0 Å². The minimum atomic E-state index is -0.0326. The number of hydrogen-bond donors (Lipinski definition) is 1. The molecule has 1 heteroatoms. The predicted molar refractivity (Wildman–Crippen MR) is 95.8 cm³/mol. The Labute approximate surface area is 141 Å². The normalized spacial score (nSPS) is 39.3. The van der Waals surface area contributed by atoms with E-state index in [-0.39, 0.29) is 6.10 Å². The van der Waals surface area contributed by atoms with Crippen molar-refractivity contribution in [2.24, 2.45) is 17.3 Å². The first kappa shape index (κ1) is 15.7.